The first-order valence-corrected chi connectivity index (χ1v) is 8.71. The predicted molar refractivity (Wildman–Crippen MR) is 87.9 cm³/mol. The molecule has 128 valence electrons. The molecule has 2 heterocycles. The molecule has 1 aliphatic rings. The average molecular weight is 329 g/mol. The molecule has 0 aliphatic heterocycles. The minimum Gasteiger partial charge on any atom is -0.353 e. The lowest BCUT2D eigenvalue weighted by Gasteiger charge is -2.20. The topological polar surface area (TPSA) is 93.8 Å². The number of amides is 1. The smallest absolute Gasteiger partial charge is 0.227 e. The summed E-state index contributed by atoms with van der Waals surface area (Å²) in [7, 11) is 0. The van der Waals surface area contributed by atoms with Crippen LogP contribution >= 0.6 is 0 Å². The zero-order valence-corrected chi connectivity index (χ0v) is 13.8. The Hall–Kier alpha value is -2.31. The van der Waals surface area contributed by atoms with Crippen molar-refractivity contribution in [1.29, 1.82) is 0 Å². The summed E-state index contributed by atoms with van der Waals surface area (Å²) in [6, 6.07) is 3.85. The fraction of sp³-hybridized carbons (Fsp3) is 0.588. The van der Waals surface area contributed by atoms with Crippen LogP contribution in [0, 0.1) is 0 Å². The van der Waals surface area contributed by atoms with Gasteiger partial charge in [0.1, 0.15) is 5.69 Å². The number of aryl methyl sites for hydroxylation is 1. The Balaban J connectivity index is 1.47. The molecule has 1 N–H and O–H groups in total. The van der Waals surface area contributed by atoms with E-state index < -0.39 is 0 Å². The van der Waals surface area contributed by atoms with Crippen LogP contribution in [0.25, 0.3) is 11.5 Å². The van der Waals surface area contributed by atoms with Crippen molar-refractivity contribution in [2.45, 2.75) is 63.8 Å². The van der Waals surface area contributed by atoms with Gasteiger partial charge in [0.05, 0.1) is 0 Å². The van der Waals surface area contributed by atoms with Crippen molar-refractivity contribution in [1.82, 2.24) is 25.7 Å². The highest BCUT2D eigenvalue weighted by Gasteiger charge is 2.15. The van der Waals surface area contributed by atoms with E-state index in [4.69, 9.17) is 4.52 Å². The maximum atomic E-state index is 12.1. The number of carbonyl (C=O) groups is 1. The van der Waals surface area contributed by atoms with Gasteiger partial charge in [-0.3, -0.25) is 4.79 Å². The Labute approximate surface area is 141 Å². The molecule has 0 unspecified atom stereocenters. The Morgan fingerprint density at radius 2 is 2.00 bits per heavy atom. The molecular formula is C17H23N5O2. The quantitative estimate of drug-likeness (QED) is 0.906. The zero-order valence-electron chi connectivity index (χ0n) is 13.8. The van der Waals surface area contributed by atoms with Crippen LogP contribution in [0.1, 0.15) is 57.3 Å². The van der Waals surface area contributed by atoms with Crippen LogP contribution in [0.2, 0.25) is 0 Å². The summed E-state index contributed by atoms with van der Waals surface area (Å²) in [5.41, 5.74) is 0.562. The molecule has 0 saturated heterocycles. The molecule has 1 amide bonds. The van der Waals surface area contributed by atoms with Crippen molar-refractivity contribution in [3.05, 3.63) is 24.2 Å². The third-order valence-electron chi connectivity index (χ3n) is 4.31. The molecule has 1 fully saturated rings. The first-order valence-electron chi connectivity index (χ1n) is 8.71. The number of carbonyl (C=O) groups excluding carboxylic acids is 1. The van der Waals surface area contributed by atoms with Crippen LogP contribution in [-0.4, -0.2) is 32.3 Å². The van der Waals surface area contributed by atoms with Gasteiger partial charge in [-0.05, 0) is 25.0 Å². The highest BCUT2D eigenvalue weighted by atomic mass is 16.5. The molecule has 7 nitrogen and oxygen atoms in total. The third kappa shape index (κ3) is 4.84. The van der Waals surface area contributed by atoms with Crippen LogP contribution in [0.15, 0.2) is 22.9 Å². The van der Waals surface area contributed by atoms with Gasteiger partial charge in [0, 0.05) is 25.1 Å². The SMILES string of the molecule is O=C(CCc1nc(-c2cccnn2)no1)NC1CCCCCCC1. The standard InChI is InChI=1S/C17H23N5O2/c23-15(19-13-7-4-2-1-3-5-8-13)10-11-16-20-17(22-24-16)14-9-6-12-18-21-14/h6,9,12-13H,1-5,7-8,10-11H2,(H,19,23). The van der Waals surface area contributed by atoms with E-state index in [1.807, 2.05) is 0 Å². The largest absolute Gasteiger partial charge is 0.353 e. The molecule has 24 heavy (non-hydrogen) atoms. The van der Waals surface area contributed by atoms with Crippen LogP contribution in [0.4, 0.5) is 0 Å². The van der Waals surface area contributed by atoms with Gasteiger partial charge in [-0.1, -0.05) is 37.3 Å². The maximum Gasteiger partial charge on any atom is 0.227 e. The van der Waals surface area contributed by atoms with Crippen LogP contribution in [0.5, 0.6) is 0 Å². The van der Waals surface area contributed by atoms with Crippen LogP contribution in [0.3, 0.4) is 0 Å². The van der Waals surface area contributed by atoms with Crippen molar-refractivity contribution in [2.24, 2.45) is 0 Å². The van der Waals surface area contributed by atoms with Gasteiger partial charge in [-0.15, -0.1) is 5.10 Å². The third-order valence-corrected chi connectivity index (χ3v) is 4.31. The van der Waals surface area contributed by atoms with Crippen molar-refractivity contribution in [2.75, 3.05) is 0 Å². The minimum absolute atomic E-state index is 0.0554. The van der Waals surface area contributed by atoms with Crippen molar-refractivity contribution >= 4 is 5.91 Å². The van der Waals surface area contributed by atoms with Gasteiger partial charge in [0.25, 0.3) is 0 Å². The van der Waals surface area contributed by atoms with E-state index in [9.17, 15) is 4.79 Å². The van der Waals surface area contributed by atoms with E-state index >= 15 is 0 Å². The molecule has 0 radical (unpaired) electrons. The second-order valence-corrected chi connectivity index (χ2v) is 6.23. The monoisotopic (exact) mass is 329 g/mol. The van der Waals surface area contributed by atoms with Gasteiger partial charge >= 0.3 is 0 Å². The molecule has 7 heteroatoms. The number of nitrogens with one attached hydrogen (secondary N) is 1. The molecular weight excluding hydrogens is 306 g/mol. The molecule has 1 saturated carbocycles. The van der Waals surface area contributed by atoms with E-state index in [2.05, 4.69) is 25.7 Å². The lowest BCUT2D eigenvalue weighted by atomic mass is 9.96. The minimum atomic E-state index is 0.0554. The van der Waals surface area contributed by atoms with Gasteiger partial charge in [0.2, 0.25) is 17.6 Å². The summed E-state index contributed by atoms with van der Waals surface area (Å²) in [5.74, 6) is 0.904. The van der Waals surface area contributed by atoms with Crippen molar-refractivity contribution in [3.8, 4) is 11.5 Å². The molecule has 0 bridgehead atoms. The van der Waals surface area contributed by atoms with E-state index in [0.717, 1.165) is 12.8 Å². The molecule has 0 spiro atoms. The molecule has 2 aromatic heterocycles. The van der Waals surface area contributed by atoms with Gasteiger partial charge in [0.15, 0.2) is 0 Å². The van der Waals surface area contributed by atoms with E-state index in [0.29, 0.717) is 36.3 Å². The Bertz CT molecular complexity index is 635. The highest BCUT2D eigenvalue weighted by molar-refractivity contribution is 5.76. The first-order chi connectivity index (χ1) is 11.8. The average Bonchev–Trinajstić information content (AvgIpc) is 3.05. The van der Waals surface area contributed by atoms with E-state index in [1.165, 1.54) is 32.1 Å². The fourth-order valence-corrected chi connectivity index (χ4v) is 3.00. The molecule has 1 aliphatic carbocycles. The highest BCUT2D eigenvalue weighted by Crippen LogP contribution is 2.17. The normalized spacial score (nSPS) is 16.3. The molecule has 2 aromatic rings. The Kier molecular flexibility index (Phi) is 5.87. The molecule has 3 rings (SSSR count). The fourth-order valence-electron chi connectivity index (χ4n) is 3.00. The predicted octanol–water partition coefficient (Wildman–Crippen LogP) is 2.69. The lowest BCUT2D eigenvalue weighted by molar-refractivity contribution is -0.122. The second kappa shape index (κ2) is 8.52. The number of hydrogen-bond donors (Lipinski definition) is 1. The number of nitrogens with zero attached hydrogens (tertiary/aromatic N) is 4. The summed E-state index contributed by atoms with van der Waals surface area (Å²) in [4.78, 5) is 16.4. The number of rotatable bonds is 5. The summed E-state index contributed by atoms with van der Waals surface area (Å²) >= 11 is 0. The maximum absolute atomic E-state index is 12.1. The summed E-state index contributed by atoms with van der Waals surface area (Å²) in [6.07, 6.45) is 10.8. The van der Waals surface area contributed by atoms with Crippen LogP contribution in [-0.2, 0) is 11.2 Å². The number of aromatic nitrogens is 4. The van der Waals surface area contributed by atoms with Gasteiger partial charge in [-0.25, -0.2) is 0 Å². The number of hydrogen-bond acceptors (Lipinski definition) is 6. The summed E-state index contributed by atoms with van der Waals surface area (Å²) in [5, 5.41) is 14.8. The first kappa shape index (κ1) is 16.5. The molecule has 0 atom stereocenters. The lowest BCUT2D eigenvalue weighted by Crippen LogP contribution is -2.35. The van der Waals surface area contributed by atoms with Gasteiger partial charge in [-0.2, -0.15) is 10.1 Å². The summed E-state index contributed by atoms with van der Waals surface area (Å²) in [6.45, 7) is 0. The Morgan fingerprint density at radius 3 is 2.75 bits per heavy atom. The van der Waals surface area contributed by atoms with E-state index in [1.54, 1.807) is 18.3 Å². The van der Waals surface area contributed by atoms with E-state index in [-0.39, 0.29) is 5.91 Å². The van der Waals surface area contributed by atoms with Crippen molar-refractivity contribution < 1.29 is 9.32 Å². The van der Waals surface area contributed by atoms with Crippen LogP contribution < -0.4 is 5.32 Å². The zero-order chi connectivity index (χ0) is 16.6. The van der Waals surface area contributed by atoms with Gasteiger partial charge < -0.3 is 9.84 Å². The molecule has 0 aromatic carbocycles. The Morgan fingerprint density at radius 1 is 1.21 bits per heavy atom. The second-order valence-electron chi connectivity index (χ2n) is 6.23. The van der Waals surface area contributed by atoms with Crippen molar-refractivity contribution in [3.63, 3.8) is 0 Å². The summed E-state index contributed by atoms with van der Waals surface area (Å²) < 4.78 is 5.19.